The number of benzene rings is 1. The second kappa shape index (κ2) is 10.9. The normalized spacial score (nSPS) is 19.5. The maximum absolute atomic E-state index is 13.3. The summed E-state index contributed by atoms with van der Waals surface area (Å²) < 4.78 is 69.0. The fraction of sp³-hybridized carbons (Fsp3) is 0.526. The summed E-state index contributed by atoms with van der Waals surface area (Å²) in [6.07, 6.45) is -3.04. The number of alkyl carbamates (subject to hydrolysis) is 1. The van der Waals surface area contributed by atoms with Crippen molar-refractivity contribution in [3.05, 3.63) is 35.4 Å². The second-order valence-electron chi connectivity index (χ2n) is 6.92. The average molecular weight is 450 g/mol. The molecule has 2 amide bonds. The Kier molecular flexibility index (Phi) is 8.57. The van der Waals surface area contributed by atoms with Crippen LogP contribution in [0.1, 0.15) is 43.0 Å². The Balaban J connectivity index is 2.03. The van der Waals surface area contributed by atoms with E-state index in [0.29, 0.717) is 31.7 Å². The summed E-state index contributed by atoms with van der Waals surface area (Å²) in [4.78, 5) is 27.3. The topological polar surface area (TPSA) is 91.8 Å². The predicted octanol–water partition coefficient (Wildman–Crippen LogP) is 3.26. The van der Waals surface area contributed by atoms with Crippen molar-refractivity contribution >= 4 is 18.0 Å². The lowest BCUT2D eigenvalue weighted by Gasteiger charge is -2.30. The van der Waals surface area contributed by atoms with Gasteiger partial charge in [-0.2, -0.15) is 18.2 Å². The summed E-state index contributed by atoms with van der Waals surface area (Å²) in [5, 5.41) is 7.49. The first-order valence-electron chi connectivity index (χ1n) is 9.66. The highest BCUT2D eigenvalue weighted by Gasteiger charge is 2.29. The van der Waals surface area contributed by atoms with Gasteiger partial charge in [0.1, 0.15) is 6.54 Å². The van der Waals surface area contributed by atoms with Gasteiger partial charge in [-0.3, -0.25) is 4.79 Å². The second-order valence-corrected chi connectivity index (χ2v) is 6.92. The zero-order valence-electron chi connectivity index (χ0n) is 16.7. The first kappa shape index (κ1) is 24.4. The van der Waals surface area contributed by atoms with Crippen LogP contribution < -0.4 is 16.0 Å². The summed E-state index contributed by atoms with van der Waals surface area (Å²) in [7, 11) is 0. The average Bonchev–Trinajstić information content (AvgIpc) is 2.69. The largest absolute Gasteiger partial charge is 0.450 e. The molecule has 1 saturated carbocycles. The molecule has 0 heterocycles. The predicted molar refractivity (Wildman–Crippen MR) is 102 cm³/mol. The van der Waals surface area contributed by atoms with Gasteiger partial charge < -0.3 is 20.7 Å². The number of ether oxygens (including phenoxy) is 1. The number of guanidine groups is 1. The molecule has 31 heavy (non-hydrogen) atoms. The fourth-order valence-electron chi connectivity index (χ4n) is 3.02. The van der Waals surface area contributed by atoms with Gasteiger partial charge in [0.15, 0.2) is 17.6 Å². The third-order valence-corrected chi connectivity index (χ3v) is 4.50. The molecule has 0 unspecified atom stereocenters. The van der Waals surface area contributed by atoms with Crippen molar-refractivity contribution in [3.8, 4) is 0 Å². The van der Waals surface area contributed by atoms with Crippen molar-refractivity contribution < 1.29 is 36.3 Å². The van der Waals surface area contributed by atoms with Crippen LogP contribution in [0, 0.1) is 11.6 Å². The number of rotatable bonds is 5. The number of hydrogen-bond donors (Lipinski definition) is 3. The van der Waals surface area contributed by atoms with Gasteiger partial charge in [-0.1, -0.05) is 0 Å². The van der Waals surface area contributed by atoms with Crippen LogP contribution in [0.15, 0.2) is 23.2 Å². The zero-order chi connectivity index (χ0) is 23.0. The Hall–Kier alpha value is -2.92. The van der Waals surface area contributed by atoms with E-state index >= 15 is 0 Å². The first-order valence-corrected chi connectivity index (χ1v) is 9.66. The van der Waals surface area contributed by atoms with Gasteiger partial charge in [0.2, 0.25) is 0 Å². The minimum atomic E-state index is -4.56. The number of carbonyl (C=O) groups is 2. The monoisotopic (exact) mass is 450 g/mol. The number of nitrogens with one attached hydrogen (secondary N) is 3. The molecule has 0 bridgehead atoms. The van der Waals surface area contributed by atoms with E-state index in [1.807, 2.05) is 5.32 Å². The zero-order valence-corrected chi connectivity index (χ0v) is 16.7. The summed E-state index contributed by atoms with van der Waals surface area (Å²) in [6.45, 7) is 0.472. The minimum Gasteiger partial charge on any atom is -0.450 e. The van der Waals surface area contributed by atoms with Gasteiger partial charge in [0, 0.05) is 17.6 Å². The van der Waals surface area contributed by atoms with Crippen LogP contribution in [0.3, 0.4) is 0 Å². The lowest BCUT2D eigenvalue weighted by molar-refractivity contribution is -0.122. The number of carbonyl (C=O) groups excluding carboxylic acids is 2. The highest BCUT2D eigenvalue weighted by atomic mass is 19.4. The smallest absolute Gasteiger partial charge is 0.407 e. The lowest BCUT2D eigenvalue weighted by atomic mass is 9.91. The molecule has 0 aliphatic heterocycles. The standard InChI is InChI=1S/C19H23F5N4O3/c1-2-31-18(30)27-13-6-4-12(5-7-13)26-17(25-10-19(22,23)24)28-16(29)11-3-8-14(20)15(21)9-11/h3,8-9,12-13H,2,4-7,10H2,1H3,(H,27,30)(H2,25,26,28,29)/t12-,13-. The van der Waals surface area contributed by atoms with E-state index in [-0.39, 0.29) is 24.3 Å². The quantitative estimate of drug-likeness (QED) is 0.364. The van der Waals surface area contributed by atoms with Crippen molar-refractivity contribution in [2.75, 3.05) is 13.2 Å². The Labute approximate surface area is 175 Å². The molecule has 0 atom stereocenters. The van der Waals surface area contributed by atoms with Gasteiger partial charge in [-0.05, 0) is 50.8 Å². The minimum absolute atomic E-state index is 0.135. The number of amides is 2. The van der Waals surface area contributed by atoms with Gasteiger partial charge in [0.05, 0.1) is 6.61 Å². The van der Waals surface area contributed by atoms with Crippen molar-refractivity contribution in [3.63, 3.8) is 0 Å². The van der Waals surface area contributed by atoms with Gasteiger partial charge in [-0.15, -0.1) is 0 Å². The molecule has 0 spiro atoms. The van der Waals surface area contributed by atoms with Crippen LogP contribution in [0.4, 0.5) is 26.7 Å². The SMILES string of the molecule is CCOC(=O)N[C@H]1CC[C@H](N/C(=N\C(=O)c2ccc(F)c(F)c2)NCC(F)(F)F)CC1. The number of hydrogen-bond acceptors (Lipinski definition) is 3. The molecule has 7 nitrogen and oxygen atoms in total. The van der Waals surface area contributed by atoms with Crippen molar-refractivity contribution in [2.45, 2.75) is 50.9 Å². The number of halogens is 5. The highest BCUT2D eigenvalue weighted by molar-refractivity contribution is 6.02. The molecule has 12 heteroatoms. The number of aliphatic imine (C=N–C) groups is 1. The Morgan fingerprint density at radius 3 is 2.23 bits per heavy atom. The highest BCUT2D eigenvalue weighted by Crippen LogP contribution is 2.19. The number of alkyl halides is 3. The van der Waals surface area contributed by atoms with E-state index < -0.39 is 42.3 Å². The molecule has 1 fully saturated rings. The van der Waals surface area contributed by atoms with Crippen molar-refractivity contribution in [2.24, 2.45) is 4.99 Å². The number of nitrogens with zero attached hydrogens (tertiary/aromatic N) is 1. The molecule has 1 aromatic carbocycles. The van der Waals surface area contributed by atoms with Crippen LogP contribution in [0.5, 0.6) is 0 Å². The lowest BCUT2D eigenvalue weighted by Crippen LogP contribution is -2.49. The molecule has 3 N–H and O–H groups in total. The van der Waals surface area contributed by atoms with Crippen LogP contribution in [-0.4, -0.2) is 49.4 Å². The van der Waals surface area contributed by atoms with E-state index in [9.17, 15) is 31.5 Å². The Morgan fingerprint density at radius 1 is 1.06 bits per heavy atom. The van der Waals surface area contributed by atoms with Crippen LogP contribution in [0.2, 0.25) is 0 Å². The van der Waals surface area contributed by atoms with E-state index in [2.05, 4.69) is 15.6 Å². The maximum atomic E-state index is 13.3. The summed E-state index contributed by atoms with van der Waals surface area (Å²) in [6, 6.07) is 1.89. The molecule has 0 radical (unpaired) electrons. The fourth-order valence-corrected chi connectivity index (χ4v) is 3.02. The molecule has 172 valence electrons. The first-order chi connectivity index (χ1) is 14.6. The molecule has 1 aliphatic carbocycles. The molecule has 1 aliphatic rings. The Morgan fingerprint density at radius 2 is 1.68 bits per heavy atom. The molecule has 2 rings (SSSR count). The summed E-state index contributed by atoms with van der Waals surface area (Å²) in [5.41, 5.74) is -0.311. The molecular weight excluding hydrogens is 427 g/mol. The van der Waals surface area contributed by atoms with Gasteiger partial charge in [-0.25, -0.2) is 13.6 Å². The van der Waals surface area contributed by atoms with Crippen LogP contribution in [0.25, 0.3) is 0 Å². The molecule has 0 aromatic heterocycles. The van der Waals surface area contributed by atoms with E-state index in [4.69, 9.17) is 4.74 Å². The summed E-state index contributed by atoms with van der Waals surface area (Å²) >= 11 is 0. The molecule has 0 saturated heterocycles. The Bertz CT molecular complexity index is 808. The molecular formula is C19H23F5N4O3. The van der Waals surface area contributed by atoms with Gasteiger partial charge in [0.25, 0.3) is 5.91 Å². The van der Waals surface area contributed by atoms with Crippen LogP contribution >= 0.6 is 0 Å². The maximum Gasteiger partial charge on any atom is 0.407 e. The van der Waals surface area contributed by atoms with Crippen LogP contribution in [-0.2, 0) is 4.74 Å². The van der Waals surface area contributed by atoms with E-state index in [0.717, 1.165) is 12.1 Å². The van der Waals surface area contributed by atoms with Crippen molar-refractivity contribution in [1.82, 2.24) is 16.0 Å². The van der Waals surface area contributed by atoms with E-state index in [1.54, 1.807) is 6.92 Å². The molecule has 1 aromatic rings. The summed E-state index contributed by atoms with van der Waals surface area (Å²) in [5.74, 6) is -3.89. The van der Waals surface area contributed by atoms with E-state index in [1.165, 1.54) is 0 Å². The third kappa shape index (κ3) is 8.38. The van der Waals surface area contributed by atoms with Crippen molar-refractivity contribution in [1.29, 1.82) is 0 Å². The van der Waals surface area contributed by atoms with Gasteiger partial charge >= 0.3 is 12.3 Å². The third-order valence-electron chi connectivity index (χ3n) is 4.50.